The maximum Gasteiger partial charge on any atom is 0.416 e. The normalized spacial score (nSPS) is 13.7. The highest BCUT2D eigenvalue weighted by Gasteiger charge is 2.30. The molecule has 2 nitrogen and oxygen atoms in total. The summed E-state index contributed by atoms with van der Waals surface area (Å²) in [6, 6.07) is 5.64. The van der Waals surface area contributed by atoms with Gasteiger partial charge in [0.2, 0.25) is 0 Å². The molecule has 0 fully saturated rings. The first-order valence-electron chi connectivity index (χ1n) is 5.42. The number of nitrogens with two attached hydrogens (primary N) is 1. The molecule has 0 aliphatic rings. The molecule has 1 aromatic carbocycles. The highest BCUT2D eigenvalue weighted by molar-refractivity contribution is 5.24. The number of rotatable bonds is 5. The fraction of sp³-hybridized carbons (Fsp3) is 0.500. The third-order valence-corrected chi connectivity index (χ3v) is 2.44. The molecule has 0 aliphatic carbocycles. The first kappa shape index (κ1) is 14.0. The average Bonchev–Trinajstić information content (AvgIpc) is 2.26. The van der Waals surface area contributed by atoms with Crippen LogP contribution in [0.25, 0.3) is 0 Å². The van der Waals surface area contributed by atoms with E-state index in [-0.39, 0.29) is 6.04 Å². The maximum absolute atomic E-state index is 12.5. The van der Waals surface area contributed by atoms with Gasteiger partial charge in [-0.25, -0.2) is 0 Å². The highest BCUT2D eigenvalue weighted by atomic mass is 19.4. The zero-order valence-electron chi connectivity index (χ0n) is 9.92. The number of halogens is 3. The van der Waals surface area contributed by atoms with Gasteiger partial charge >= 0.3 is 6.18 Å². The van der Waals surface area contributed by atoms with Crippen LogP contribution in [0.15, 0.2) is 24.3 Å². The summed E-state index contributed by atoms with van der Waals surface area (Å²) in [7, 11) is 1.61. The monoisotopic (exact) mass is 248 g/mol. The molecular formula is C12H17F3NO+. The lowest BCUT2D eigenvalue weighted by Gasteiger charge is -2.11. The molecule has 0 amide bonds. The minimum atomic E-state index is -4.27. The molecule has 1 atom stereocenters. The number of hydrogen-bond donors (Lipinski definition) is 1. The van der Waals surface area contributed by atoms with Crippen LogP contribution in [0.5, 0.6) is 0 Å². The van der Waals surface area contributed by atoms with Crippen molar-refractivity contribution >= 4 is 0 Å². The van der Waals surface area contributed by atoms with Gasteiger partial charge in [-0.05, 0) is 19.1 Å². The smallest absolute Gasteiger partial charge is 0.379 e. The number of benzene rings is 1. The molecule has 0 heterocycles. The molecule has 1 aromatic rings. The van der Waals surface area contributed by atoms with Crippen LogP contribution >= 0.6 is 0 Å². The first-order valence-corrected chi connectivity index (χ1v) is 5.42. The van der Waals surface area contributed by atoms with Gasteiger partial charge in [0.1, 0.15) is 12.6 Å². The first-order chi connectivity index (χ1) is 7.93. The number of methoxy groups -OCH3 is 1. The minimum Gasteiger partial charge on any atom is -0.379 e. The van der Waals surface area contributed by atoms with Crippen molar-refractivity contribution in [3.8, 4) is 0 Å². The quantitative estimate of drug-likeness (QED) is 0.844. The molecule has 1 rings (SSSR count). The Morgan fingerprint density at radius 3 is 2.65 bits per heavy atom. The van der Waals surface area contributed by atoms with Crippen molar-refractivity contribution in [1.82, 2.24) is 0 Å². The number of ether oxygens (including phenoxy) is 1. The molecule has 5 heteroatoms. The second-order valence-electron chi connectivity index (χ2n) is 4.07. The van der Waals surface area contributed by atoms with Crippen LogP contribution < -0.4 is 5.32 Å². The van der Waals surface area contributed by atoms with Crippen molar-refractivity contribution in [2.75, 3.05) is 13.7 Å². The minimum absolute atomic E-state index is 0.231. The van der Waals surface area contributed by atoms with Crippen LogP contribution in [-0.4, -0.2) is 19.8 Å². The van der Waals surface area contributed by atoms with Gasteiger partial charge in [0, 0.05) is 12.7 Å². The van der Waals surface area contributed by atoms with Gasteiger partial charge in [-0.2, -0.15) is 13.2 Å². The van der Waals surface area contributed by atoms with Gasteiger partial charge in [0.25, 0.3) is 0 Å². The fourth-order valence-corrected chi connectivity index (χ4v) is 1.54. The summed E-state index contributed by atoms with van der Waals surface area (Å²) in [6.45, 7) is 3.07. The standard InChI is InChI=1S/C12H16F3NO/c1-9(8-17-2)16-7-10-4-3-5-11(6-10)12(13,14)15/h3-6,9,16H,7-8H2,1-2H3/p+1/t9-/m1/s1. The lowest BCUT2D eigenvalue weighted by atomic mass is 10.1. The molecule has 0 bridgehead atoms. The summed E-state index contributed by atoms with van der Waals surface area (Å²) in [4.78, 5) is 0. The fourth-order valence-electron chi connectivity index (χ4n) is 1.54. The Balaban J connectivity index is 2.60. The second kappa shape index (κ2) is 6.02. The Bertz CT molecular complexity index is 352. The van der Waals surface area contributed by atoms with E-state index in [1.165, 1.54) is 12.1 Å². The van der Waals surface area contributed by atoms with Crippen LogP contribution in [0.4, 0.5) is 13.2 Å². The Morgan fingerprint density at radius 2 is 2.06 bits per heavy atom. The van der Waals surface area contributed by atoms with E-state index >= 15 is 0 Å². The van der Waals surface area contributed by atoms with Gasteiger partial charge in [-0.3, -0.25) is 0 Å². The van der Waals surface area contributed by atoms with Crippen molar-refractivity contribution in [3.63, 3.8) is 0 Å². The number of alkyl halides is 3. The molecule has 96 valence electrons. The lowest BCUT2D eigenvalue weighted by Crippen LogP contribution is -2.88. The summed E-state index contributed by atoms with van der Waals surface area (Å²) >= 11 is 0. The third kappa shape index (κ3) is 4.75. The van der Waals surface area contributed by atoms with Gasteiger partial charge in [0.05, 0.1) is 12.2 Å². The van der Waals surface area contributed by atoms with E-state index in [4.69, 9.17) is 4.74 Å². The van der Waals surface area contributed by atoms with Gasteiger partial charge in [0.15, 0.2) is 0 Å². The third-order valence-electron chi connectivity index (χ3n) is 2.44. The molecular weight excluding hydrogens is 231 g/mol. The van der Waals surface area contributed by atoms with Crippen molar-refractivity contribution in [2.45, 2.75) is 25.7 Å². The van der Waals surface area contributed by atoms with Gasteiger partial charge in [-0.1, -0.05) is 12.1 Å². The predicted octanol–water partition coefficient (Wildman–Crippen LogP) is 1.80. The summed E-state index contributed by atoms with van der Waals surface area (Å²) in [6.07, 6.45) is -4.27. The van der Waals surface area contributed by atoms with E-state index < -0.39 is 11.7 Å². The molecule has 2 N–H and O–H groups in total. The Morgan fingerprint density at radius 1 is 1.35 bits per heavy atom. The molecule has 0 saturated carbocycles. The van der Waals surface area contributed by atoms with Crippen molar-refractivity contribution in [3.05, 3.63) is 35.4 Å². The van der Waals surface area contributed by atoms with Gasteiger partial charge < -0.3 is 10.1 Å². The van der Waals surface area contributed by atoms with E-state index in [0.717, 1.165) is 6.07 Å². The van der Waals surface area contributed by atoms with Gasteiger partial charge in [-0.15, -0.1) is 0 Å². The van der Waals surface area contributed by atoms with E-state index in [9.17, 15) is 13.2 Å². The summed E-state index contributed by atoms with van der Waals surface area (Å²) in [5.41, 5.74) is 0.0746. The lowest BCUT2D eigenvalue weighted by molar-refractivity contribution is -0.702. The zero-order chi connectivity index (χ0) is 12.9. The topological polar surface area (TPSA) is 25.8 Å². The molecule has 0 radical (unpaired) electrons. The summed E-state index contributed by atoms with van der Waals surface area (Å²) in [5.74, 6) is 0. The Kier molecular flexibility index (Phi) is 4.96. The van der Waals surface area contributed by atoms with E-state index in [2.05, 4.69) is 0 Å². The van der Waals surface area contributed by atoms with E-state index in [1.54, 1.807) is 13.2 Å². The largest absolute Gasteiger partial charge is 0.416 e. The molecule has 17 heavy (non-hydrogen) atoms. The van der Waals surface area contributed by atoms with E-state index in [0.29, 0.717) is 18.7 Å². The predicted molar refractivity (Wildman–Crippen MR) is 58.4 cm³/mol. The molecule has 0 unspecified atom stereocenters. The zero-order valence-corrected chi connectivity index (χ0v) is 9.92. The van der Waals surface area contributed by atoms with Crippen LogP contribution in [-0.2, 0) is 17.5 Å². The van der Waals surface area contributed by atoms with Crippen LogP contribution in [0.3, 0.4) is 0 Å². The average molecular weight is 248 g/mol. The SMILES string of the molecule is COC[C@@H](C)[NH2+]Cc1cccc(C(F)(F)F)c1. The van der Waals surface area contributed by atoms with Crippen molar-refractivity contribution in [1.29, 1.82) is 0 Å². The van der Waals surface area contributed by atoms with Crippen LogP contribution in [0, 0.1) is 0 Å². The Labute approximate surface area is 98.8 Å². The van der Waals surface area contributed by atoms with Crippen LogP contribution in [0.1, 0.15) is 18.1 Å². The molecule has 0 spiro atoms. The van der Waals surface area contributed by atoms with Crippen molar-refractivity contribution in [2.24, 2.45) is 0 Å². The van der Waals surface area contributed by atoms with E-state index in [1.807, 2.05) is 12.2 Å². The van der Waals surface area contributed by atoms with Crippen molar-refractivity contribution < 1.29 is 23.2 Å². The Hall–Kier alpha value is -1.07. The summed E-state index contributed by atoms with van der Waals surface area (Å²) < 4.78 is 42.3. The second-order valence-corrected chi connectivity index (χ2v) is 4.07. The summed E-state index contributed by atoms with van der Waals surface area (Å²) in [5, 5.41) is 1.96. The highest BCUT2D eigenvalue weighted by Crippen LogP contribution is 2.29. The molecule has 0 saturated heterocycles. The number of hydrogen-bond acceptors (Lipinski definition) is 1. The molecule has 0 aliphatic heterocycles. The maximum atomic E-state index is 12.5. The van der Waals surface area contributed by atoms with Crippen LogP contribution in [0.2, 0.25) is 0 Å². The number of quaternary nitrogens is 1. The molecule has 0 aromatic heterocycles.